The predicted molar refractivity (Wildman–Crippen MR) is 124 cm³/mol. The molecule has 1 saturated heterocycles. The fraction of sp³-hybridized carbons (Fsp3) is 0.577. The van der Waals surface area contributed by atoms with Crippen molar-refractivity contribution in [1.29, 1.82) is 0 Å². The van der Waals surface area contributed by atoms with Crippen LogP contribution in [-0.4, -0.2) is 50.5 Å². The van der Waals surface area contributed by atoms with Gasteiger partial charge >= 0.3 is 0 Å². The standard InChI is InChI=1S/C26H34N4O2/c1-17(2)23-22-18(3)27-30(20-12-5-4-6-13-20)24(22)26(32)29(23)21-14-9-15-28(16-21)25(31)19-10-7-8-11-19/h4-6,12-13,17,19,21,23H,7-11,14-16H2,1-3H3. The molecular weight excluding hydrogens is 400 g/mol. The van der Waals surface area contributed by atoms with Gasteiger partial charge in [-0.25, -0.2) is 4.68 Å². The lowest BCUT2D eigenvalue weighted by atomic mass is 9.93. The van der Waals surface area contributed by atoms with Gasteiger partial charge in [0.15, 0.2) is 0 Å². The summed E-state index contributed by atoms with van der Waals surface area (Å²) in [5.74, 6) is 0.829. The Hall–Kier alpha value is -2.63. The lowest BCUT2D eigenvalue weighted by Gasteiger charge is -2.42. The van der Waals surface area contributed by atoms with Crippen LogP contribution in [0.3, 0.4) is 0 Å². The van der Waals surface area contributed by atoms with Crippen molar-refractivity contribution in [3.63, 3.8) is 0 Å². The second-order valence-corrected chi connectivity index (χ2v) is 10.1. The molecule has 2 unspecified atom stereocenters. The lowest BCUT2D eigenvalue weighted by Crippen LogP contribution is -2.52. The Kier molecular flexibility index (Phi) is 5.56. The van der Waals surface area contributed by atoms with Crippen molar-refractivity contribution in [2.45, 2.75) is 71.4 Å². The highest BCUT2D eigenvalue weighted by Gasteiger charge is 2.47. The molecule has 1 aromatic heterocycles. The van der Waals surface area contributed by atoms with Crippen LogP contribution in [0.15, 0.2) is 30.3 Å². The molecule has 6 nitrogen and oxygen atoms in total. The van der Waals surface area contributed by atoms with E-state index in [9.17, 15) is 9.59 Å². The van der Waals surface area contributed by atoms with Gasteiger partial charge in [0.1, 0.15) is 5.69 Å². The van der Waals surface area contributed by atoms with Gasteiger partial charge in [-0.3, -0.25) is 9.59 Å². The summed E-state index contributed by atoms with van der Waals surface area (Å²) < 4.78 is 1.83. The van der Waals surface area contributed by atoms with Gasteiger partial charge in [0, 0.05) is 24.6 Å². The van der Waals surface area contributed by atoms with E-state index in [0.29, 0.717) is 18.1 Å². The molecule has 2 aromatic rings. The molecule has 3 aliphatic rings. The van der Waals surface area contributed by atoms with Crippen LogP contribution in [-0.2, 0) is 4.79 Å². The molecule has 2 atom stereocenters. The molecular formula is C26H34N4O2. The summed E-state index contributed by atoms with van der Waals surface area (Å²) in [7, 11) is 0. The lowest BCUT2D eigenvalue weighted by molar-refractivity contribution is -0.137. The van der Waals surface area contributed by atoms with Crippen molar-refractivity contribution >= 4 is 11.8 Å². The van der Waals surface area contributed by atoms with E-state index >= 15 is 0 Å². The van der Waals surface area contributed by atoms with Gasteiger partial charge in [-0.05, 0) is 50.7 Å². The smallest absolute Gasteiger partial charge is 0.273 e. The van der Waals surface area contributed by atoms with Crippen molar-refractivity contribution < 1.29 is 9.59 Å². The summed E-state index contributed by atoms with van der Waals surface area (Å²) in [6.07, 6.45) is 6.28. The number of hydrogen-bond donors (Lipinski definition) is 0. The summed E-state index contributed by atoms with van der Waals surface area (Å²) in [6, 6.07) is 9.98. The fourth-order valence-electron chi connectivity index (χ4n) is 6.10. The summed E-state index contributed by atoms with van der Waals surface area (Å²) in [6.45, 7) is 7.87. The van der Waals surface area contributed by atoms with Crippen LogP contribution in [0.5, 0.6) is 0 Å². The number of hydrogen-bond acceptors (Lipinski definition) is 3. The Labute approximate surface area is 190 Å². The van der Waals surface area contributed by atoms with Gasteiger partial charge < -0.3 is 9.80 Å². The SMILES string of the molecule is Cc1nn(-c2ccccc2)c2c1C(C(C)C)N(C1CCCN(C(=O)C3CCCC3)C1)C2=O. The van der Waals surface area contributed by atoms with E-state index in [-0.39, 0.29) is 29.8 Å². The number of nitrogens with zero attached hydrogens (tertiary/aromatic N) is 4. The van der Waals surface area contributed by atoms with E-state index in [4.69, 9.17) is 5.10 Å². The number of amides is 2. The largest absolute Gasteiger partial charge is 0.340 e. The first kappa shape index (κ1) is 21.2. The van der Waals surface area contributed by atoms with Gasteiger partial charge in [-0.1, -0.05) is 44.9 Å². The molecule has 1 aromatic carbocycles. The minimum atomic E-state index is 0.00138. The van der Waals surface area contributed by atoms with E-state index in [1.807, 2.05) is 46.8 Å². The Morgan fingerprint density at radius 1 is 1.06 bits per heavy atom. The Balaban J connectivity index is 1.47. The maximum absolute atomic E-state index is 13.9. The summed E-state index contributed by atoms with van der Waals surface area (Å²) in [5.41, 5.74) is 3.60. The number of carbonyl (C=O) groups is 2. The van der Waals surface area contributed by atoms with Gasteiger partial charge in [-0.2, -0.15) is 5.10 Å². The fourth-order valence-corrected chi connectivity index (χ4v) is 6.10. The highest BCUT2D eigenvalue weighted by Crippen LogP contribution is 2.44. The average molecular weight is 435 g/mol. The Morgan fingerprint density at radius 3 is 2.47 bits per heavy atom. The van der Waals surface area contributed by atoms with E-state index in [1.165, 1.54) is 0 Å². The summed E-state index contributed by atoms with van der Waals surface area (Å²) in [4.78, 5) is 31.2. The van der Waals surface area contributed by atoms with E-state index in [2.05, 4.69) is 18.7 Å². The predicted octanol–water partition coefficient (Wildman–Crippen LogP) is 4.51. The second-order valence-electron chi connectivity index (χ2n) is 10.1. The van der Waals surface area contributed by atoms with Crippen LogP contribution < -0.4 is 0 Å². The van der Waals surface area contributed by atoms with Crippen LogP contribution in [0.25, 0.3) is 5.69 Å². The minimum absolute atomic E-state index is 0.00138. The molecule has 6 heteroatoms. The minimum Gasteiger partial charge on any atom is -0.340 e. The molecule has 2 aliphatic heterocycles. The van der Waals surface area contributed by atoms with E-state index in [1.54, 1.807) is 0 Å². The van der Waals surface area contributed by atoms with E-state index in [0.717, 1.165) is 62.0 Å². The molecule has 1 saturated carbocycles. The zero-order valence-corrected chi connectivity index (χ0v) is 19.5. The van der Waals surface area contributed by atoms with Gasteiger partial charge in [-0.15, -0.1) is 0 Å². The number of carbonyl (C=O) groups excluding carboxylic acids is 2. The first-order chi connectivity index (χ1) is 15.5. The normalized spacial score (nSPS) is 23.9. The first-order valence-corrected chi connectivity index (χ1v) is 12.2. The highest BCUT2D eigenvalue weighted by atomic mass is 16.2. The molecule has 170 valence electrons. The quantitative estimate of drug-likeness (QED) is 0.711. The van der Waals surface area contributed by atoms with Crippen molar-refractivity contribution in [2.75, 3.05) is 13.1 Å². The first-order valence-electron chi connectivity index (χ1n) is 12.2. The van der Waals surface area contributed by atoms with Crippen molar-refractivity contribution in [2.24, 2.45) is 11.8 Å². The van der Waals surface area contributed by atoms with E-state index < -0.39 is 0 Å². The Bertz CT molecular complexity index is 1010. The van der Waals surface area contributed by atoms with Crippen LogP contribution in [0.2, 0.25) is 0 Å². The third-order valence-corrected chi connectivity index (χ3v) is 7.58. The molecule has 0 N–H and O–H groups in total. The summed E-state index contributed by atoms with van der Waals surface area (Å²) in [5, 5.41) is 4.77. The molecule has 2 fully saturated rings. The molecule has 5 rings (SSSR count). The third-order valence-electron chi connectivity index (χ3n) is 7.58. The van der Waals surface area contributed by atoms with Crippen LogP contribution in [0, 0.1) is 18.8 Å². The second kappa shape index (κ2) is 8.38. The Morgan fingerprint density at radius 2 is 1.78 bits per heavy atom. The van der Waals surface area contributed by atoms with Crippen molar-refractivity contribution in [3.8, 4) is 5.69 Å². The number of para-hydroxylation sites is 1. The maximum Gasteiger partial charge on any atom is 0.273 e. The van der Waals surface area contributed by atoms with Crippen molar-refractivity contribution in [3.05, 3.63) is 47.3 Å². The number of piperidine rings is 1. The van der Waals surface area contributed by atoms with Crippen LogP contribution >= 0.6 is 0 Å². The number of aryl methyl sites for hydroxylation is 1. The van der Waals surface area contributed by atoms with Crippen molar-refractivity contribution in [1.82, 2.24) is 19.6 Å². The number of rotatable bonds is 4. The molecule has 0 radical (unpaired) electrons. The number of aromatic nitrogens is 2. The molecule has 2 amide bonds. The van der Waals surface area contributed by atoms with Gasteiger partial charge in [0.05, 0.1) is 23.5 Å². The average Bonchev–Trinajstić information content (AvgIpc) is 3.51. The summed E-state index contributed by atoms with van der Waals surface area (Å²) >= 11 is 0. The molecule has 32 heavy (non-hydrogen) atoms. The third kappa shape index (κ3) is 3.44. The van der Waals surface area contributed by atoms with Gasteiger partial charge in [0.2, 0.25) is 5.91 Å². The maximum atomic E-state index is 13.9. The molecule has 1 aliphatic carbocycles. The molecule has 0 bridgehead atoms. The van der Waals surface area contributed by atoms with Crippen LogP contribution in [0.1, 0.15) is 80.2 Å². The van der Waals surface area contributed by atoms with Crippen LogP contribution in [0.4, 0.5) is 0 Å². The number of likely N-dealkylation sites (tertiary alicyclic amines) is 1. The number of benzene rings is 1. The molecule has 0 spiro atoms. The molecule has 3 heterocycles. The number of fused-ring (bicyclic) bond motifs is 1. The van der Waals surface area contributed by atoms with Gasteiger partial charge in [0.25, 0.3) is 5.91 Å². The highest BCUT2D eigenvalue weighted by molar-refractivity contribution is 5.99. The zero-order chi connectivity index (χ0) is 22.4. The topological polar surface area (TPSA) is 58.4 Å². The monoisotopic (exact) mass is 434 g/mol. The zero-order valence-electron chi connectivity index (χ0n) is 19.5.